The smallest absolute Gasteiger partial charge is 0.414 e. The molecule has 3 rings (SSSR count). The number of rotatable bonds is 5. The van der Waals surface area contributed by atoms with Crippen molar-refractivity contribution in [2.24, 2.45) is 0 Å². The predicted molar refractivity (Wildman–Crippen MR) is 87.8 cm³/mol. The number of halogens is 1. The lowest BCUT2D eigenvalue weighted by Gasteiger charge is -2.29. The predicted octanol–water partition coefficient (Wildman–Crippen LogP) is 0.964. The van der Waals surface area contributed by atoms with Crippen molar-refractivity contribution in [3.8, 4) is 0 Å². The summed E-state index contributed by atoms with van der Waals surface area (Å²) in [5.41, 5.74) is 0.804. The van der Waals surface area contributed by atoms with Gasteiger partial charge in [-0.15, -0.1) is 0 Å². The number of nitrogens with zero attached hydrogens (tertiary/aromatic N) is 2. The quantitative estimate of drug-likeness (QED) is 0.710. The Kier molecular flexibility index (Phi) is 5.11. The van der Waals surface area contributed by atoms with E-state index in [0.717, 1.165) is 6.26 Å². The molecule has 10 heteroatoms. The van der Waals surface area contributed by atoms with Crippen LogP contribution < -0.4 is 9.80 Å². The molecule has 2 aliphatic rings. The average molecular weight is 374 g/mol. The lowest BCUT2D eigenvalue weighted by Crippen LogP contribution is -2.36. The largest absolute Gasteiger partial charge is 0.441 e. The molecule has 0 radical (unpaired) electrons. The van der Waals surface area contributed by atoms with Gasteiger partial charge in [0, 0.05) is 13.1 Å². The van der Waals surface area contributed by atoms with E-state index in [0.29, 0.717) is 37.7 Å². The number of ether oxygens (including phenoxy) is 2. The Morgan fingerprint density at radius 2 is 2.04 bits per heavy atom. The number of hydrogen-bond donors (Lipinski definition) is 0. The van der Waals surface area contributed by atoms with Gasteiger partial charge in [-0.2, -0.15) is 8.42 Å². The van der Waals surface area contributed by atoms with E-state index in [4.69, 9.17) is 9.47 Å². The number of cyclic esters (lactones) is 1. The van der Waals surface area contributed by atoms with Crippen LogP contribution in [0.3, 0.4) is 0 Å². The summed E-state index contributed by atoms with van der Waals surface area (Å²) in [6.07, 6.45) is -0.480. The summed E-state index contributed by atoms with van der Waals surface area (Å²) in [5, 5.41) is 0. The van der Waals surface area contributed by atoms with E-state index in [-0.39, 0.29) is 13.2 Å². The van der Waals surface area contributed by atoms with E-state index < -0.39 is 28.1 Å². The highest BCUT2D eigenvalue weighted by molar-refractivity contribution is 7.85. The van der Waals surface area contributed by atoms with Crippen LogP contribution in [0.1, 0.15) is 0 Å². The van der Waals surface area contributed by atoms with E-state index in [2.05, 4.69) is 4.18 Å². The van der Waals surface area contributed by atoms with Crippen LogP contribution in [0.4, 0.5) is 20.6 Å². The van der Waals surface area contributed by atoms with Crippen LogP contribution in [-0.2, 0) is 23.8 Å². The Labute approximate surface area is 145 Å². The minimum absolute atomic E-state index is 0.0880. The first-order valence-corrected chi connectivity index (χ1v) is 9.60. The van der Waals surface area contributed by atoms with Gasteiger partial charge in [-0.1, -0.05) is 0 Å². The van der Waals surface area contributed by atoms with Crippen molar-refractivity contribution in [3.05, 3.63) is 24.0 Å². The second kappa shape index (κ2) is 7.14. The van der Waals surface area contributed by atoms with E-state index in [1.54, 1.807) is 12.1 Å². The highest BCUT2D eigenvalue weighted by Crippen LogP contribution is 2.28. The first-order chi connectivity index (χ1) is 11.8. The number of hydrogen-bond acceptors (Lipinski definition) is 7. The minimum Gasteiger partial charge on any atom is -0.441 e. The fraction of sp³-hybridized carbons (Fsp3) is 0.533. The molecule has 2 aliphatic heterocycles. The lowest BCUT2D eigenvalue weighted by molar-refractivity contribution is 0.107. The highest BCUT2D eigenvalue weighted by atomic mass is 32.2. The molecule has 2 heterocycles. The first-order valence-electron chi connectivity index (χ1n) is 7.78. The summed E-state index contributed by atoms with van der Waals surface area (Å²) in [5.74, 6) is -0.442. The molecule has 2 fully saturated rings. The molecule has 1 aromatic rings. The molecule has 1 atom stereocenters. The SMILES string of the molecule is CS(=O)(=O)OC[C@@H]1CN(c2ccc(N3CCOCC3)c(F)c2)C(=O)O1. The molecular weight excluding hydrogens is 355 g/mol. The summed E-state index contributed by atoms with van der Waals surface area (Å²) in [4.78, 5) is 15.1. The number of benzene rings is 1. The van der Waals surface area contributed by atoms with Gasteiger partial charge in [0.1, 0.15) is 18.5 Å². The van der Waals surface area contributed by atoms with Gasteiger partial charge in [0.2, 0.25) is 0 Å². The molecule has 8 nitrogen and oxygen atoms in total. The molecule has 138 valence electrons. The molecular formula is C15H19FN2O6S. The molecule has 2 saturated heterocycles. The molecule has 0 bridgehead atoms. The third kappa shape index (κ3) is 4.39. The topological polar surface area (TPSA) is 85.4 Å². The van der Waals surface area contributed by atoms with Crippen molar-refractivity contribution in [1.82, 2.24) is 0 Å². The normalized spacial score (nSPS) is 21.5. The molecule has 0 spiro atoms. The number of carbonyl (C=O) groups excluding carboxylic acids is 1. The zero-order valence-electron chi connectivity index (χ0n) is 13.7. The number of anilines is 2. The van der Waals surface area contributed by atoms with Crippen LogP contribution in [0.15, 0.2) is 18.2 Å². The molecule has 1 amide bonds. The monoisotopic (exact) mass is 374 g/mol. The number of carbonyl (C=O) groups is 1. The van der Waals surface area contributed by atoms with E-state index >= 15 is 0 Å². The summed E-state index contributed by atoms with van der Waals surface area (Å²) >= 11 is 0. The van der Waals surface area contributed by atoms with Crippen LogP contribution in [0, 0.1) is 5.82 Å². The minimum atomic E-state index is -3.62. The van der Waals surface area contributed by atoms with Gasteiger partial charge in [0.15, 0.2) is 0 Å². The maximum absolute atomic E-state index is 14.5. The summed E-state index contributed by atoms with van der Waals surface area (Å²) in [7, 11) is -3.62. The van der Waals surface area contributed by atoms with Gasteiger partial charge in [0.05, 0.1) is 37.4 Å². The maximum Gasteiger partial charge on any atom is 0.414 e. The molecule has 0 aromatic heterocycles. The van der Waals surface area contributed by atoms with E-state index in [9.17, 15) is 17.6 Å². The van der Waals surface area contributed by atoms with Crippen molar-refractivity contribution in [2.45, 2.75) is 6.10 Å². The average Bonchev–Trinajstić information content (AvgIpc) is 2.94. The highest BCUT2D eigenvalue weighted by Gasteiger charge is 2.33. The van der Waals surface area contributed by atoms with Crippen LogP contribution in [0.2, 0.25) is 0 Å². The van der Waals surface area contributed by atoms with Gasteiger partial charge < -0.3 is 14.4 Å². The van der Waals surface area contributed by atoms with Gasteiger partial charge in [-0.05, 0) is 18.2 Å². The van der Waals surface area contributed by atoms with Crippen LogP contribution in [0.25, 0.3) is 0 Å². The fourth-order valence-corrected chi connectivity index (χ4v) is 3.14. The summed E-state index contributed by atoms with van der Waals surface area (Å²) in [6.45, 7) is 2.11. The Balaban J connectivity index is 1.69. The van der Waals surface area contributed by atoms with Gasteiger partial charge in [-0.3, -0.25) is 9.08 Å². The summed E-state index contributed by atoms with van der Waals surface area (Å²) in [6, 6.07) is 4.52. The van der Waals surface area contributed by atoms with Gasteiger partial charge in [0.25, 0.3) is 10.1 Å². The standard InChI is InChI=1S/C15H19FN2O6S/c1-25(20,21)23-10-12-9-18(15(19)24-12)11-2-3-14(13(16)8-11)17-4-6-22-7-5-17/h2-3,8,12H,4-7,9-10H2,1H3/t12-/m0/s1. The summed E-state index contributed by atoms with van der Waals surface area (Å²) < 4.78 is 51.4. The third-order valence-electron chi connectivity index (χ3n) is 3.94. The Morgan fingerprint density at radius 1 is 1.32 bits per heavy atom. The van der Waals surface area contributed by atoms with Crippen molar-refractivity contribution in [2.75, 3.05) is 55.5 Å². The van der Waals surface area contributed by atoms with Crippen LogP contribution in [0.5, 0.6) is 0 Å². The van der Waals surface area contributed by atoms with Crippen LogP contribution >= 0.6 is 0 Å². The van der Waals surface area contributed by atoms with Crippen molar-refractivity contribution in [3.63, 3.8) is 0 Å². The molecule has 0 saturated carbocycles. The van der Waals surface area contributed by atoms with Gasteiger partial charge in [-0.25, -0.2) is 9.18 Å². The lowest BCUT2D eigenvalue weighted by atomic mass is 10.2. The molecule has 0 N–H and O–H groups in total. The first kappa shape index (κ1) is 17.9. The van der Waals surface area contributed by atoms with Crippen molar-refractivity contribution in [1.29, 1.82) is 0 Å². The Bertz CT molecular complexity index is 750. The Morgan fingerprint density at radius 3 is 2.68 bits per heavy atom. The maximum atomic E-state index is 14.5. The second-order valence-electron chi connectivity index (χ2n) is 5.84. The van der Waals surface area contributed by atoms with E-state index in [1.807, 2.05) is 4.90 Å². The molecule has 25 heavy (non-hydrogen) atoms. The van der Waals surface area contributed by atoms with Crippen molar-refractivity contribution >= 4 is 27.6 Å². The zero-order chi connectivity index (χ0) is 18.0. The molecule has 0 aliphatic carbocycles. The third-order valence-corrected chi connectivity index (χ3v) is 4.50. The second-order valence-corrected chi connectivity index (χ2v) is 7.48. The van der Waals surface area contributed by atoms with Gasteiger partial charge >= 0.3 is 6.09 Å². The fourth-order valence-electron chi connectivity index (χ4n) is 2.74. The zero-order valence-corrected chi connectivity index (χ0v) is 14.5. The molecule has 1 aromatic carbocycles. The van der Waals surface area contributed by atoms with Crippen LogP contribution in [-0.4, -0.2) is 66.3 Å². The number of morpholine rings is 1. The van der Waals surface area contributed by atoms with E-state index in [1.165, 1.54) is 11.0 Å². The molecule has 0 unspecified atom stereocenters. The van der Waals surface area contributed by atoms with Crippen molar-refractivity contribution < 1.29 is 31.3 Å². The number of amides is 1. The Hall–Kier alpha value is -1.91.